The zero-order chi connectivity index (χ0) is 22.1. The van der Waals surface area contributed by atoms with E-state index in [2.05, 4.69) is 15.3 Å². The van der Waals surface area contributed by atoms with Crippen LogP contribution in [0, 0.1) is 0 Å². The summed E-state index contributed by atoms with van der Waals surface area (Å²) in [6.45, 7) is -0.555. The fourth-order valence-electron chi connectivity index (χ4n) is 4.79. The fraction of sp³-hybridized carbons (Fsp3) is 0.444. The molecule has 4 aliphatic heterocycles. The van der Waals surface area contributed by atoms with E-state index in [4.69, 9.17) is 11.5 Å². The van der Waals surface area contributed by atoms with Crippen molar-refractivity contribution in [1.82, 2.24) is 15.1 Å². The van der Waals surface area contributed by atoms with Crippen LogP contribution < -0.4 is 21.7 Å². The number of carbonyl (C=O) groups excluding carboxylic acids is 2. The van der Waals surface area contributed by atoms with Gasteiger partial charge >= 0.3 is 6.03 Å². The first-order valence-electron chi connectivity index (χ1n) is 9.69. The van der Waals surface area contributed by atoms with E-state index in [1.165, 1.54) is 9.80 Å². The van der Waals surface area contributed by atoms with Gasteiger partial charge in [-0.05, 0) is 12.1 Å². The minimum atomic E-state index is -2.67. The van der Waals surface area contributed by atoms with E-state index in [1.807, 2.05) is 0 Å². The number of hydrogen-bond acceptors (Lipinski definition) is 11. The maximum atomic E-state index is 13.0. The molecule has 5 rings (SSSR count). The Bertz CT molecular complexity index is 1010. The molecule has 8 N–H and O–H groups in total. The number of benzene rings is 1. The van der Waals surface area contributed by atoms with E-state index in [1.54, 1.807) is 30.3 Å². The predicted molar refractivity (Wildman–Crippen MR) is 107 cm³/mol. The predicted octanol–water partition coefficient (Wildman–Crippen LogP) is -3.51. The van der Waals surface area contributed by atoms with Crippen molar-refractivity contribution >= 4 is 29.5 Å². The van der Waals surface area contributed by atoms with Gasteiger partial charge in [-0.3, -0.25) is 14.6 Å². The summed E-state index contributed by atoms with van der Waals surface area (Å²) in [6, 6.07) is 6.28. The van der Waals surface area contributed by atoms with Crippen LogP contribution in [0.3, 0.4) is 0 Å². The van der Waals surface area contributed by atoms with E-state index in [-0.39, 0.29) is 31.6 Å². The minimum Gasteiger partial charge on any atom is -0.385 e. The number of guanidine groups is 2. The van der Waals surface area contributed by atoms with Gasteiger partial charge in [-0.15, -0.1) is 0 Å². The highest BCUT2D eigenvalue weighted by Gasteiger charge is 2.73. The van der Waals surface area contributed by atoms with Crippen LogP contribution in [0.5, 0.6) is 0 Å². The number of imide groups is 1. The van der Waals surface area contributed by atoms with Gasteiger partial charge < -0.3 is 37.0 Å². The topological polar surface area (TPSA) is 193 Å². The van der Waals surface area contributed by atoms with Crippen molar-refractivity contribution in [3.63, 3.8) is 0 Å². The van der Waals surface area contributed by atoms with Crippen LogP contribution >= 0.6 is 0 Å². The quantitative estimate of drug-likeness (QED) is 0.208. The first kappa shape index (κ1) is 19.5. The van der Waals surface area contributed by atoms with E-state index >= 15 is 0 Å². The molecular formula is C18H22N8O5. The Hall–Kier alpha value is -3.42. The average Bonchev–Trinajstić information content (AvgIpc) is 3.30. The van der Waals surface area contributed by atoms with E-state index < -0.39 is 41.6 Å². The van der Waals surface area contributed by atoms with Crippen LogP contribution in [0.4, 0.5) is 10.5 Å². The van der Waals surface area contributed by atoms with Crippen LogP contribution in [-0.2, 0) is 4.79 Å². The smallest absolute Gasteiger partial charge is 0.331 e. The maximum absolute atomic E-state index is 13.0. The van der Waals surface area contributed by atoms with Crippen molar-refractivity contribution in [3.05, 3.63) is 30.3 Å². The Morgan fingerprint density at radius 2 is 1.87 bits per heavy atom. The lowest BCUT2D eigenvalue weighted by molar-refractivity contribution is -0.257. The molecule has 164 valence electrons. The third-order valence-electron chi connectivity index (χ3n) is 6.26. The number of aliphatic hydroxyl groups excluding tert-OH is 1. The average molecular weight is 430 g/mol. The van der Waals surface area contributed by atoms with Crippen LogP contribution in [0.1, 0.15) is 0 Å². The second-order valence-corrected chi connectivity index (χ2v) is 7.97. The molecule has 13 nitrogen and oxygen atoms in total. The summed E-state index contributed by atoms with van der Waals surface area (Å²) in [6.07, 6.45) is -1.58. The summed E-state index contributed by atoms with van der Waals surface area (Å²) in [7, 11) is 0. The van der Waals surface area contributed by atoms with E-state index in [0.717, 1.165) is 4.90 Å². The first-order valence-corrected chi connectivity index (χ1v) is 9.69. The van der Waals surface area contributed by atoms with Gasteiger partial charge in [0.2, 0.25) is 5.79 Å². The van der Waals surface area contributed by atoms with Gasteiger partial charge in [0.1, 0.15) is 18.7 Å². The maximum Gasteiger partial charge on any atom is 0.331 e. The Labute approximate surface area is 176 Å². The number of aliphatic hydroxyl groups is 3. The molecule has 4 heterocycles. The molecule has 2 saturated heterocycles. The number of aliphatic imine (C=N–C) groups is 2. The van der Waals surface area contributed by atoms with Crippen LogP contribution in [0.2, 0.25) is 0 Å². The Morgan fingerprint density at radius 3 is 2.58 bits per heavy atom. The molecule has 4 aliphatic rings. The number of anilines is 1. The number of para-hydroxylation sites is 1. The zero-order valence-corrected chi connectivity index (χ0v) is 16.3. The second-order valence-electron chi connectivity index (χ2n) is 7.97. The minimum absolute atomic E-state index is 0.0957. The fourth-order valence-corrected chi connectivity index (χ4v) is 4.79. The molecular weight excluding hydrogens is 408 g/mol. The van der Waals surface area contributed by atoms with Crippen LogP contribution in [0.25, 0.3) is 0 Å². The molecule has 2 fully saturated rings. The summed E-state index contributed by atoms with van der Waals surface area (Å²) in [5.74, 6) is -3.30. The lowest BCUT2D eigenvalue weighted by Gasteiger charge is -2.48. The number of rotatable bonds is 3. The largest absolute Gasteiger partial charge is 0.385 e. The summed E-state index contributed by atoms with van der Waals surface area (Å²) in [4.78, 5) is 37.9. The Balaban J connectivity index is 1.48. The lowest BCUT2D eigenvalue weighted by atomic mass is 9.85. The van der Waals surface area contributed by atoms with Gasteiger partial charge in [-0.25, -0.2) is 14.8 Å². The normalized spacial score (nSPS) is 33.8. The molecule has 1 unspecified atom stereocenters. The number of carbonyl (C=O) groups is 2. The van der Waals surface area contributed by atoms with Crippen molar-refractivity contribution in [2.75, 3.05) is 24.5 Å². The number of nitrogens with two attached hydrogens (primary N) is 2. The summed E-state index contributed by atoms with van der Waals surface area (Å²) < 4.78 is 0. The number of nitrogens with one attached hydrogen (secondary N) is 1. The molecule has 4 atom stereocenters. The van der Waals surface area contributed by atoms with Gasteiger partial charge in [-0.2, -0.15) is 0 Å². The van der Waals surface area contributed by atoms with Gasteiger partial charge in [0.05, 0.1) is 19.1 Å². The molecule has 1 aromatic rings. The standard InChI is InChI=1S/C18H22N8O5/c19-14-22-13-10(21-15(20)26-7-11(27)18(30,31)17(13,26)23-14)6-25-12(28)8-24(16(25)29)9-4-2-1-3-5-9/h1-5,10-11,13,27,30-31H,6-8H2,(H2,20,21)(H3,19,22,23)/t10-,11-,13?,17+/m0/s1. The summed E-state index contributed by atoms with van der Waals surface area (Å²) in [5, 5.41) is 34.4. The molecule has 0 aliphatic carbocycles. The molecule has 0 bridgehead atoms. The first-order chi connectivity index (χ1) is 14.7. The molecule has 0 aromatic heterocycles. The van der Waals surface area contributed by atoms with Crippen molar-refractivity contribution in [3.8, 4) is 0 Å². The molecule has 31 heavy (non-hydrogen) atoms. The molecule has 0 saturated carbocycles. The van der Waals surface area contributed by atoms with Crippen molar-refractivity contribution in [2.45, 2.75) is 29.6 Å². The van der Waals surface area contributed by atoms with Gasteiger partial charge in [0.25, 0.3) is 5.91 Å². The Kier molecular flexibility index (Phi) is 3.96. The van der Waals surface area contributed by atoms with Crippen molar-refractivity contribution in [1.29, 1.82) is 0 Å². The third-order valence-corrected chi connectivity index (χ3v) is 6.26. The second kappa shape index (κ2) is 6.29. The number of nitrogens with zero attached hydrogens (tertiary/aromatic N) is 5. The highest BCUT2D eigenvalue weighted by atomic mass is 16.5. The van der Waals surface area contributed by atoms with Crippen LogP contribution in [0.15, 0.2) is 40.3 Å². The van der Waals surface area contributed by atoms with Gasteiger partial charge in [0, 0.05) is 5.69 Å². The highest BCUT2D eigenvalue weighted by molar-refractivity contribution is 6.12. The zero-order valence-electron chi connectivity index (χ0n) is 16.3. The third kappa shape index (κ3) is 2.47. The van der Waals surface area contributed by atoms with Gasteiger partial charge in [-0.1, -0.05) is 18.2 Å². The van der Waals surface area contributed by atoms with E-state index in [9.17, 15) is 24.9 Å². The molecule has 13 heteroatoms. The van der Waals surface area contributed by atoms with Crippen molar-refractivity contribution in [2.24, 2.45) is 21.5 Å². The van der Waals surface area contributed by atoms with Gasteiger partial charge in [0.15, 0.2) is 17.6 Å². The van der Waals surface area contributed by atoms with Crippen molar-refractivity contribution < 1.29 is 24.9 Å². The highest BCUT2D eigenvalue weighted by Crippen LogP contribution is 2.44. The number of hydrogen-bond donors (Lipinski definition) is 6. The lowest BCUT2D eigenvalue weighted by Crippen LogP contribution is -2.77. The molecule has 1 aromatic carbocycles. The monoisotopic (exact) mass is 430 g/mol. The molecule has 1 spiro atoms. The van der Waals surface area contributed by atoms with E-state index in [0.29, 0.717) is 5.69 Å². The Morgan fingerprint density at radius 1 is 1.16 bits per heavy atom. The number of urea groups is 1. The SMILES string of the molecule is NC1=NC2[C@H](CN3C(=O)CN(c4ccccc4)C3=O)N=C(N)N3C[C@H](O)C(O)(O)[C@@]23N1. The van der Waals surface area contributed by atoms with Crippen LogP contribution in [-0.4, -0.2) is 98.2 Å². The summed E-state index contributed by atoms with van der Waals surface area (Å²) >= 11 is 0. The molecule has 0 radical (unpaired) electrons. The number of amides is 3. The summed E-state index contributed by atoms with van der Waals surface area (Å²) in [5.41, 5.74) is 10.7. The molecule has 3 amide bonds.